The minimum absolute atomic E-state index is 0.181. The Balaban J connectivity index is 1.66. The van der Waals surface area contributed by atoms with E-state index in [1.807, 2.05) is 6.07 Å². The van der Waals surface area contributed by atoms with Crippen LogP contribution in [-0.2, 0) is 0 Å². The Morgan fingerprint density at radius 1 is 1.18 bits per heavy atom. The average Bonchev–Trinajstić information content (AvgIpc) is 3.36. The van der Waals surface area contributed by atoms with Crippen LogP contribution < -0.4 is 26.0 Å². The number of anilines is 4. The highest BCUT2D eigenvalue weighted by Crippen LogP contribution is 2.36. The number of aromatic nitrogens is 3. The molecule has 0 bridgehead atoms. The van der Waals surface area contributed by atoms with Gasteiger partial charge in [-0.2, -0.15) is 15.0 Å². The van der Waals surface area contributed by atoms with Crippen molar-refractivity contribution in [1.82, 2.24) is 20.3 Å². The van der Waals surface area contributed by atoms with E-state index in [1.54, 1.807) is 7.11 Å². The summed E-state index contributed by atoms with van der Waals surface area (Å²) >= 11 is 3.64. The molecule has 33 heavy (non-hydrogen) atoms. The van der Waals surface area contributed by atoms with Gasteiger partial charge in [-0.1, -0.05) is 26.2 Å². The smallest absolute Gasteiger partial charge is 0.236 e. The topological polar surface area (TPSA) is 101 Å². The van der Waals surface area contributed by atoms with Crippen molar-refractivity contribution < 1.29 is 4.74 Å². The lowest BCUT2D eigenvalue weighted by atomic mass is 9.89. The van der Waals surface area contributed by atoms with Gasteiger partial charge in [-0.15, -0.1) is 0 Å². The molecule has 2 aromatic rings. The van der Waals surface area contributed by atoms with Crippen LogP contribution in [0.4, 0.5) is 23.5 Å². The molecule has 1 aromatic carbocycles. The van der Waals surface area contributed by atoms with Crippen LogP contribution in [0.5, 0.6) is 5.75 Å². The van der Waals surface area contributed by atoms with Gasteiger partial charge in [0.1, 0.15) is 5.75 Å². The Hall–Kier alpha value is -2.13. The van der Waals surface area contributed by atoms with Crippen molar-refractivity contribution in [3.05, 3.63) is 22.7 Å². The van der Waals surface area contributed by atoms with Crippen molar-refractivity contribution in [2.75, 3.05) is 36.1 Å². The molecule has 180 valence electrons. The molecule has 1 aliphatic heterocycles. The van der Waals surface area contributed by atoms with Crippen LogP contribution in [0, 0.1) is 5.92 Å². The first-order valence-electron chi connectivity index (χ1n) is 12.2. The summed E-state index contributed by atoms with van der Waals surface area (Å²) in [6.45, 7) is 4.12. The fourth-order valence-electron chi connectivity index (χ4n) is 5.14. The van der Waals surface area contributed by atoms with Crippen molar-refractivity contribution in [2.24, 2.45) is 5.92 Å². The summed E-state index contributed by atoms with van der Waals surface area (Å²) in [5.74, 6) is 2.81. The quantitative estimate of drug-likeness (QED) is 0.432. The normalized spacial score (nSPS) is 19.9. The SMILES string of the molecule is CCC(C1CCCN1)N(c1ccc(OC)c(Br)c1)c1nc(N)nc(NCC2CCCCC2)n1. The van der Waals surface area contributed by atoms with Gasteiger partial charge in [0.25, 0.3) is 0 Å². The third-order valence-corrected chi connectivity index (χ3v) is 7.48. The van der Waals surface area contributed by atoms with E-state index >= 15 is 0 Å². The molecule has 1 saturated carbocycles. The van der Waals surface area contributed by atoms with E-state index in [0.717, 1.165) is 41.8 Å². The van der Waals surface area contributed by atoms with Gasteiger partial charge < -0.3 is 26.0 Å². The largest absolute Gasteiger partial charge is 0.496 e. The van der Waals surface area contributed by atoms with E-state index < -0.39 is 0 Å². The number of rotatable bonds is 9. The highest BCUT2D eigenvalue weighted by molar-refractivity contribution is 9.10. The second-order valence-corrected chi connectivity index (χ2v) is 9.92. The minimum atomic E-state index is 0.181. The molecule has 8 nitrogen and oxygen atoms in total. The molecule has 2 atom stereocenters. The van der Waals surface area contributed by atoms with Gasteiger partial charge >= 0.3 is 0 Å². The number of nitrogens with two attached hydrogens (primary N) is 1. The molecule has 2 unspecified atom stereocenters. The average molecular weight is 519 g/mol. The van der Waals surface area contributed by atoms with E-state index in [9.17, 15) is 0 Å². The van der Waals surface area contributed by atoms with Gasteiger partial charge in [0.15, 0.2) is 0 Å². The Kier molecular flexibility index (Phi) is 8.25. The van der Waals surface area contributed by atoms with Gasteiger partial charge in [0.05, 0.1) is 17.6 Å². The molecule has 2 heterocycles. The Morgan fingerprint density at radius 3 is 2.67 bits per heavy atom. The number of benzene rings is 1. The van der Waals surface area contributed by atoms with Crippen molar-refractivity contribution >= 4 is 39.5 Å². The number of nitrogens with zero attached hydrogens (tertiary/aromatic N) is 4. The third kappa shape index (κ3) is 5.87. The first-order valence-corrected chi connectivity index (χ1v) is 13.0. The number of hydrogen-bond acceptors (Lipinski definition) is 8. The molecular formula is C24H36BrN7O. The van der Waals surface area contributed by atoms with Crippen LogP contribution in [0.1, 0.15) is 58.3 Å². The molecule has 1 saturated heterocycles. The molecule has 0 radical (unpaired) electrons. The first-order chi connectivity index (χ1) is 16.1. The number of ether oxygens (including phenoxy) is 1. The van der Waals surface area contributed by atoms with Gasteiger partial charge in [-0.25, -0.2) is 0 Å². The van der Waals surface area contributed by atoms with Crippen LogP contribution in [0.15, 0.2) is 22.7 Å². The van der Waals surface area contributed by atoms with Crippen LogP contribution >= 0.6 is 15.9 Å². The molecule has 2 aliphatic rings. The van der Waals surface area contributed by atoms with E-state index in [-0.39, 0.29) is 12.0 Å². The molecular weight excluding hydrogens is 482 g/mol. The monoisotopic (exact) mass is 517 g/mol. The van der Waals surface area contributed by atoms with Gasteiger partial charge in [-0.3, -0.25) is 0 Å². The molecule has 9 heteroatoms. The van der Waals surface area contributed by atoms with Crippen molar-refractivity contribution in [2.45, 2.75) is 70.4 Å². The third-order valence-electron chi connectivity index (χ3n) is 6.86. The van der Waals surface area contributed by atoms with Crippen molar-refractivity contribution in [3.63, 3.8) is 0 Å². The minimum Gasteiger partial charge on any atom is -0.496 e. The molecule has 0 spiro atoms. The van der Waals surface area contributed by atoms with E-state index in [4.69, 9.17) is 15.5 Å². The fraction of sp³-hybridized carbons (Fsp3) is 0.625. The predicted octanol–water partition coefficient (Wildman–Crippen LogP) is 4.89. The lowest BCUT2D eigenvalue weighted by Crippen LogP contribution is -2.46. The number of nitrogen functional groups attached to an aromatic ring is 1. The predicted molar refractivity (Wildman–Crippen MR) is 137 cm³/mol. The highest BCUT2D eigenvalue weighted by atomic mass is 79.9. The van der Waals surface area contributed by atoms with Gasteiger partial charge in [0.2, 0.25) is 17.8 Å². The van der Waals surface area contributed by atoms with Crippen LogP contribution in [0.25, 0.3) is 0 Å². The molecule has 0 amide bonds. The van der Waals surface area contributed by atoms with Crippen LogP contribution in [0.3, 0.4) is 0 Å². The summed E-state index contributed by atoms with van der Waals surface area (Å²) in [4.78, 5) is 16.0. The molecule has 1 aliphatic carbocycles. The summed E-state index contributed by atoms with van der Waals surface area (Å²) in [7, 11) is 1.67. The van der Waals surface area contributed by atoms with Crippen LogP contribution in [-0.4, -0.2) is 47.2 Å². The zero-order chi connectivity index (χ0) is 23.2. The molecule has 2 fully saturated rings. The van der Waals surface area contributed by atoms with E-state index in [2.05, 4.69) is 60.5 Å². The Labute approximate surface area is 205 Å². The number of nitrogens with one attached hydrogen (secondary N) is 2. The van der Waals surface area contributed by atoms with Crippen LogP contribution in [0.2, 0.25) is 0 Å². The number of methoxy groups -OCH3 is 1. The number of hydrogen-bond donors (Lipinski definition) is 3. The summed E-state index contributed by atoms with van der Waals surface area (Å²) in [5, 5.41) is 7.11. The Morgan fingerprint density at radius 2 is 2.00 bits per heavy atom. The zero-order valence-electron chi connectivity index (χ0n) is 19.7. The maximum atomic E-state index is 6.18. The summed E-state index contributed by atoms with van der Waals surface area (Å²) in [6, 6.07) is 6.61. The Bertz CT molecular complexity index is 916. The number of halogens is 1. The van der Waals surface area contributed by atoms with Gasteiger partial charge in [-0.05, 0) is 78.7 Å². The standard InChI is InChI=1S/C24H36BrN7O/c1-3-20(19-10-7-13-27-19)32(17-11-12-21(33-2)18(25)14-17)24-30-22(26)29-23(31-24)28-15-16-8-5-4-6-9-16/h11-12,14,16,19-20,27H,3-10,13,15H2,1-2H3,(H3,26,28,29,30,31). The lowest BCUT2D eigenvalue weighted by Gasteiger charge is -2.35. The second-order valence-electron chi connectivity index (χ2n) is 9.07. The van der Waals surface area contributed by atoms with Gasteiger partial charge in [0, 0.05) is 18.3 Å². The van der Waals surface area contributed by atoms with Crippen molar-refractivity contribution in [3.8, 4) is 5.75 Å². The van der Waals surface area contributed by atoms with Crippen molar-refractivity contribution in [1.29, 1.82) is 0 Å². The highest BCUT2D eigenvalue weighted by Gasteiger charge is 2.32. The molecule has 1 aromatic heterocycles. The summed E-state index contributed by atoms with van der Waals surface area (Å²) in [6.07, 6.45) is 9.73. The molecule has 4 N–H and O–H groups in total. The lowest BCUT2D eigenvalue weighted by molar-refractivity contribution is 0.373. The summed E-state index contributed by atoms with van der Waals surface area (Å²) < 4.78 is 6.34. The summed E-state index contributed by atoms with van der Waals surface area (Å²) in [5.41, 5.74) is 7.17. The van der Waals surface area contributed by atoms with E-state index in [0.29, 0.717) is 23.9 Å². The zero-order valence-corrected chi connectivity index (χ0v) is 21.3. The molecule has 4 rings (SSSR count). The fourth-order valence-corrected chi connectivity index (χ4v) is 5.67. The maximum Gasteiger partial charge on any atom is 0.236 e. The maximum absolute atomic E-state index is 6.18. The van der Waals surface area contributed by atoms with E-state index in [1.165, 1.54) is 38.5 Å². The second kappa shape index (κ2) is 11.3. The first kappa shape index (κ1) is 24.0.